The molecule has 0 aromatic heterocycles. The van der Waals surface area contributed by atoms with Gasteiger partial charge in [0, 0.05) is 24.7 Å². The molecule has 0 spiro atoms. The predicted molar refractivity (Wildman–Crippen MR) is 97.5 cm³/mol. The molecule has 1 N–H and O–H groups in total. The van der Waals surface area contributed by atoms with Crippen molar-refractivity contribution in [2.24, 2.45) is 5.92 Å². The summed E-state index contributed by atoms with van der Waals surface area (Å²) in [6, 6.07) is 7.85. The molecule has 1 aliphatic rings. The maximum absolute atomic E-state index is 12.6. The molecule has 24 heavy (non-hydrogen) atoms. The van der Waals surface area contributed by atoms with E-state index < -0.39 is 10.0 Å². The van der Waals surface area contributed by atoms with E-state index in [1.54, 1.807) is 6.92 Å². The number of nitrogens with one attached hydrogen (secondary N) is 1. The quantitative estimate of drug-likeness (QED) is 0.906. The fourth-order valence-electron chi connectivity index (χ4n) is 3.06. The second-order valence-corrected chi connectivity index (χ2v) is 9.62. The smallest absolute Gasteiger partial charge is 0.227 e. The van der Waals surface area contributed by atoms with E-state index in [0.717, 1.165) is 11.3 Å². The third kappa shape index (κ3) is 4.36. The number of carbonyl (C=O) groups excluding carboxylic acids is 1. The summed E-state index contributed by atoms with van der Waals surface area (Å²) in [5, 5.41) is 3.05. The average molecular weight is 353 g/mol. The van der Waals surface area contributed by atoms with Crippen LogP contribution in [0, 0.1) is 5.92 Å². The van der Waals surface area contributed by atoms with Crippen LogP contribution in [-0.4, -0.2) is 37.5 Å². The first-order valence-electron chi connectivity index (χ1n) is 8.53. The standard InChI is InChI=1S/C18H28N2O3S/c1-5-24(22,23)20-12-10-14(11-13-20)17(21)19-16-9-7-6-8-15(16)18(2,3)4/h6-9,14H,5,10-13H2,1-4H3,(H,19,21). The third-order valence-corrected chi connectivity index (χ3v) is 6.46. The number of piperidine rings is 1. The van der Waals surface area contributed by atoms with Crippen LogP contribution in [0.3, 0.4) is 0 Å². The molecule has 1 fully saturated rings. The van der Waals surface area contributed by atoms with Crippen LogP contribution in [-0.2, 0) is 20.2 Å². The largest absolute Gasteiger partial charge is 0.326 e. The number of para-hydroxylation sites is 1. The van der Waals surface area contributed by atoms with Gasteiger partial charge in [0.2, 0.25) is 15.9 Å². The second kappa shape index (κ2) is 7.23. The Morgan fingerprint density at radius 1 is 1.21 bits per heavy atom. The van der Waals surface area contributed by atoms with Gasteiger partial charge in [-0.25, -0.2) is 12.7 Å². The Kier molecular flexibility index (Phi) is 5.71. The van der Waals surface area contributed by atoms with E-state index in [2.05, 4.69) is 26.1 Å². The Morgan fingerprint density at radius 2 is 1.79 bits per heavy atom. The van der Waals surface area contributed by atoms with Crippen molar-refractivity contribution in [3.8, 4) is 0 Å². The van der Waals surface area contributed by atoms with Crippen molar-refractivity contribution in [2.75, 3.05) is 24.2 Å². The van der Waals surface area contributed by atoms with Gasteiger partial charge in [0.25, 0.3) is 0 Å². The topological polar surface area (TPSA) is 66.5 Å². The lowest BCUT2D eigenvalue weighted by Gasteiger charge is -2.31. The van der Waals surface area contributed by atoms with Gasteiger partial charge in [-0.2, -0.15) is 0 Å². The lowest BCUT2D eigenvalue weighted by atomic mass is 9.85. The highest BCUT2D eigenvalue weighted by Gasteiger charge is 2.30. The molecule has 0 radical (unpaired) electrons. The van der Waals surface area contributed by atoms with Gasteiger partial charge < -0.3 is 5.32 Å². The summed E-state index contributed by atoms with van der Waals surface area (Å²) in [6.07, 6.45) is 1.14. The maximum Gasteiger partial charge on any atom is 0.227 e. The molecule has 1 aromatic rings. The number of rotatable bonds is 4. The van der Waals surface area contributed by atoms with E-state index in [4.69, 9.17) is 0 Å². The van der Waals surface area contributed by atoms with Crippen LogP contribution in [0.1, 0.15) is 46.1 Å². The summed E-state index contributed by atoms with van der Waals surface area (Å²) in [6.45, 7) is 8.85. The van der Waals surface area contributed by atoms with Crippen LogP contribution < -0.4 is 5.32 Å². The Labute approximate surface area is 145 Å². The minimum absolute atomic E-state index is 0.0137. The van der Waals surface area contributed by atoms with Crippen LogP contribution in [0.5, 0.6) is 0 Å². The molecular formula is C18H28N2O3S. The summed E-state index contributed by atoms with van der Waals surface area (Å²) in [4.78, 5) is 12.6. The van der Waals surface area contributed by atoms with Gasteiger partial charge in [0.15, 0.2) is 0 Å². The highest BCUT2D eigenvalue weighted by molar-refractivity contribution is 7.89. The van der Waals surface area contributed by atoms with Gasteiger partial charge in [-0.15, -0.1) is 0 Å². The molecule has 0 aliphatic carbocycles. The summed E-state index contributed by atoms with van der Waals surface area (Å²) in [5.74, 6) is -0.0374. The number of benzene rings is 1. The number of hydrogen-bond donors (Lipinski definition) is 1. The van der Waals surface area contributed by atoms with Gasteiger partial charge in [0.05, 0.1) is 5.75 Å². The number of sulfonamides is 1. The molecule has 6 heteroatoms. The molecule has 0 saturated carbocycles. The van der Waals surface area contributed by atoms with Crippen molar-refractivity contribution in [3.63, 3.8) is 0 Å². The lowest BCUT2D eigenvalue weighted by molar-refractivity contribution is -0.120. The molecular weight excluding hydrogens is 324 g/mol. The highest BCUT2D eigenvalue weighted by Crippen LogP contribution is 2.30. The van der Waals surface area contributed by atoms with Crippen LogP contribution in [0.2, 0.25) is 0 Å². The minimum Gasteiger partial charge on any atom is -0.326 e. The fraction of sp³-hybridized carbons (Fsp3) is 0.611. The van der Waals surface area contributed by atoms with Crippen LogP contribution in [0.15, 0.2) is 24.3 Å². The van der Waals surface area contributed by atoms with E-state index in [0.29, 0.717) is 25.9 Å². The van der Waals surface area contributed by atoms with Crippen molar-refractivity contribution < 1.29 is 13.2 Å². The molecule has 1 heterocycles. The Morgan fingerprint density at radius 3 is 2.33 bits per heavy atom. The van der Waals surface area contributed by atoms with Gasteiger partial charge in [-0.05, 0) is 36.8 Å². The van der Waals surface area contributed by atoms with Crippen molar-refractivity contribution in [3.05, 3.63) is 29.8 Å². The third-order valence-electron chi connectivity index (χ3n) is 4.58. The van der Waals surface area contributed by atoms with E-state index in [-0.39, 0.29) is 23.0 Å². The van der Waals surface area contributed by atoms with Crippen LogP contribution >= 0.6 is 0 Å². The van der Waals surface area contributed by atoms with Crippen molar-refractivity contribution in [2.45, 2.75) is 46.0 Å². The minimum atomic E-state index is -3.15. The zero-order valence-corrected chi connectivity index (χ0v) is 15.8. The van der Waals surface area contributed by atoms with Crippen LogP contribution in [0.4, 0.5) is 5.69 Å². The molecule has 1 amide bonds. The molecule has 1 aromatic carbocycles. The summed E-state index contributed by atoms with van der Waals surface area (Å²) < 4.78 is 25.3. The van der Waals surface area contributed by atoms with Crippen molar-refractivity contribution >= 4 is 21.6 Å². The first kappa shape index (κ1) is 18.9. The summed E-state index contributed by atoms with van der Waals surface area (Å²) >= 11 is 0. The Bertz CT molecular complexity index is 684. The molecule has 1 saturated heterocycles. The molecule has 0 bridgehead atoms. The van der Waals surface area contributed by atoms with Crippen molar-refractivity contribution in [1.82, 2.24) is 4.31 Å². The number of amides is 1. The van der Waals surface area contributed by atoms with E-state index in [1.165, 1.54) is 4.31 Å². The van der Waals surface area contributed by atoms with Crippen molar-refractivity contribution in [1.29, 1.82) is 0 Å². The van der Waals surface area contributed by atoms with Gasteiger partial charge >= 0.3 is 0 Å². The predicted octanol–water partition coefficient (Wildman–Crippen LogP) is 2.98. The molecule has 2 rings (SSSR count). The molecule has 1 aliphatic heterocycles. The maximum atomic E-state index is 12.6. The summed E-state index contributed by atoms with van der Waals surface area (Å²) in [5.41, 5.74) is 1.89. The number of hydrogen-bond acceptors (Lipinski definition) is 3. The van der Waals surface area contributed by atoms with E-state index in [9.17, 15) is 13.2 Å². The molecule has 134 valence electrons. The molecule has 5 nitrogen and oxygen atoms in total. The number of nitrogens with zero attached hydrogens (tertiary/aromatic N) is 1. The Hall–Kier alpha value is -1.40. The monoisotopic (exact) mass is 352 g/mol. The van der Waals surface area contributed by atoms with Gasteiger partial charge in [0.1, 0.15) is 0 Å². The van der Waals surface area contributed by atoms with Crippen LogP contribution in [0.25, 0.3) is 0 Å². The molecule has 0 atom stereocenters. The molecule has 0 unspecified atom stereocenters. The lowest BCUT2D eigenvalue weighted by Crippen LogP contribution is -2.42. The first-order valence-corrected chi connectivity index (χ1v) is 10.1. The zero-order valence-electron chi connectivity index (χ0n) is 15.0. The van der Waals surface area contributed by atoms with Gasteiger partial charge in [-0.1, -0.05) is 39.0 Å². The fourth-order valence-corrected chi connectivity index (χ4v) is 4.19. The van der Waals surface area contributed by atoms with Gasteiger partial charge in [-0.3, -0.25) is 4.79 Å². The summed E-state index contributed by atoms with van der Waals surface area (Å²) in [7, 11) is -3.15. The van der Waals surface area contributed by atoms with E-state index in [1.807, 2.05) is 24.3 Å². The normalized spacial score (nSPS) is 17.7. The highest BCUT2D eigenvalue weighted by atomic mass is 32.2. The zero-order chi connectivity index (χ0) is 18.0. The van der Waals surface area contributed by atoms with E-state index >= 15 is 0 Å². The number of anilines is 1. The average Bonchev–Trinajstić information content (AvgIpc) is 2.54. The first-order chi connectivity index (χ1) is 11.1. The second-order valence-electron chi connectivity index (χ2n) is 7.36. The Balaban J connectivity index is 2.03. The number of carbonyl (C=O) groups is 1. The SMILES string of the molecule is CCS(=O)(=O)N1CCC(C(=O)Nc2ccccc2C(C)(C)C)CC1.